The van der Waals surface area contributed by atoms with E-state index in [2.05, 4.69) is 40.1 Å². The fourth-order valence-electron chi connectivity index (χ4n) is 10.5. The van der Waals surface area contributed by atoms with Crippen LogP contribution in [0.15, 0.2) is 53.5 Å². The van der Waals surface area contributed by atoms with E-state index in [1.54, 1.807) is 9.58 Å². The summed E-state index contributed by atoms with van der Waals surface area (Å²) in [5.41, 5.74) is 4.21. The number of unbranched alkanes of at least 4 members (excludes halogenated alkanes) is 12. The third-order valence-electron chi connectivity index (χ3n) is 14.6. The Hall–Kier alpha value is -4.75. The number of carbonyl (C=O) groups is 3. The Labute approximate surface area is 393 Å². The second-order valence-corrected chi connectivity index (χ2v) is 19.7. The van der Waals surface area contributed by atoms with E-state index in [0.717, 1.165) is 96.8 Å². The normalized spacial score (nSPS) is 17.4. The lowest BCUT2D eigenvalue weighted by Crippen LogP contribution is -2.59. The number of hydrogen-bond acceptors (Lipinski definition) is 8. The summed E-state index contributed by atoms with van der Waals surface area (Å²) in [5.74, 6) is -0.220. The molecule has 2 N–H and O–H groups in total. The Morgan fingerprint density at radius 2 is 1.42 bits per heavy atom. The highest BCUT2D eigenvalue weighted by molar-refractivity contribution is 5.88. The van der Waals surface area contributed by atoms with Gasteiger partial charge in [0.15, 0.2) is 6.73 Å². The molecule has 0 unspecified atom stereocenters. The first-order valence-corrected chi connectivity index (χ1v) is 25.7. The fourth-order valence-corrected chi connectivity index (χ4v) is 10.5. The number of rotatable bonds is 22. The number of likely N-dealkylation sites (tertiary alicyclic amines) is 2. The van der Waals surface area contributed by atoms with Crippen molar-refractivity contribution < 1.29 is 19.1 Å². The van der Waals surface area contributed by atoms with E-state index < -0.39 is 6.04 Å². The molecule has 0 saturated carbocycles. The molecule has 0 radical (unpaired) electrons. The number of piperidine rings is 2. The van der Waals surface area contributed by atoms with Gasteiger partial charge in [-0.3, -0.25) is 19.3 Å². The lowest BCUT2D eigenvalue weighted by Gasteiger charge is -2.43. The van der Waals surface area contributed by atoms with Crippen LogP contribution >= 0.6 is 0 Å². The summed E-state index contributed by atoms with van der Waals surface area (Å²) in [6.07, 6.45) is 22.7. The number of hydrogen-bond donors (Lipinski definition) is 2. The van der Waals surface area contributed by atoms with Crippen molar-refractivity contribution in [1.29, 1.82) is 0 Å². The standard InChI is InChI=1S/C53H78N8O5/c1-4-5-6-7-8-9-10-11-12-13-14-15-16-21-49(62)66-39-61-38-44-35-41(34-40(2)50(44)56-61)36-48(52(64)59-32-30-58(31-33-59)45-24-26-57(3)27-25-45)55-53(65)60-28-22-42(23-29-60)46-37-43-19-17-18-20-47(43)54-51(46)63/h17-20,34-35,37-38,42,45,48H,4-16,21-33,36,39H2,1-3H3,(H,54,63)(H,55,65)/t48-/m1/s1. The van der Waals surface area contributed by atoms with E-state index in [-0.39, 0.29) is 36.1 Å². The third-order valence-corrected chi connectivity index (χ3v) is 14.6. The van der Waals surface area contributed by atoms with Crippen molar-refractivity contribution in [2.75, 3.05) is 59.4 Å². The summed E-state index contributed by atoms with van der Waals surface area (Å²) in [6.45, 7) is 10.4. The highest BCUT2D eigenvalue weighted by atomic mass is 16.5. The number of benzene rings is 2. The van der Waals surface area contributed by atoms with Gasteiger partial charge in [-0.15, -0.1) is 0 Å². The van der Waals surface area contributed by atoms with Gasteiger partial charge in [0.25, 0.3) is 5.56 Å². The first-order valence-electron chi connectivity index (χ1n) is 25.7. The van der Waals surface area contributed by atoms with Crippen molar-refractivity contribution in [1.82, 2.24) is 39.7 Å². The molecule has 0 spiro atoms. The van der Waals surface area contributed by atoms with Gasteiger partial charge in [0, 0.05) is 80.8 Å². The second kappa shape index (κ2) is 24.9. The number of aromatic amines is 1. The molecule has 2 aromatic carbocycles. The number of nitrogens with zero attached hydrogens (tertiary/aromatic N) is 6. The summed E-state index contributed by atoms with van der Waals surface area (Å²) in [7, 11) is 2.18. The van der Waals surface area contributed by atoms with Crippen molar-refractivity contribution in [2.45, 2.75) is 161 Å². The van der Waals surface area contributed by atoms with E-state index in [1.165, 1.54) is 64.2 Å². The van der Waals surface area contributed by atoms with Gasteiger partial charge in [0.1, 0.15) is 6.04 Å². The van der Waals surface area contributed by atoms with Gasteiger partial charge in [0.05, 0.1) is 5.52 Å². The monoisotopic (exact) mass is 907 g/mol. The molecule has 3 aliphatic rings. The molecule has 3 fully saturated rings. The number of fused-ring (bicyclic) bond motifs is 2. The molecule has 0 aliphatic carbocycles. The molecule has 1 atom stereocenters. The number of nitrogens with one attached hydrogen (secondary N) is 2. The van der Waals surface area contributed by atoms with E-state index in [9.17, 15) is 19.2 Å². The van der Waals surface area contributed by atoms with E-state index in [4.69, 9.17) is 9.84 Å². The molecule has 4 aromatic rings. The Kier molecular flexibility index (Phi) is 18.5. The maximum absolute atomic E-state index is 14.5. The van der Waals surface area contributed by atoms with Crippen molar-refractivity contribution in [3.8, 4) is 0 Å². The Balaban J connectivity index is 0.922. The predicted octanol–water partition coefficient (Wildman–Crippen LogP) is 8.91. The van der Waals surface area contributed by atoms with Crippen LogP contribution in [0.3, 0.4) is 0 Å². The fraction of sp³-hybridized carbons (Fsp3) is 0.642. The number of H-pyrrole nitrogens is 1. The van der Waals surface area contributed by atoms with Crippen LogP contribution in [-0.4, -0.2) is 124 Å². The van der Waals surface area contributed by atoms with E-state index >= 15 is 0 Å². The third kappa shape index (κ3) is 13.9. The summed E-state index contributed by atoms with van der Waals surface area (Å²) in [6, 6.07) is 13.4. The van der Waals surface area contributed by atoms with Gasteiger partial charge in [-0.25, -0.2) is 9.48 Å². The Morgan fingerprint density at radius 1 is 0.773 bits per heavy atom. The van der Waals surface area contributed by atoms with Crippen LogP contribution in [0.1, 0.15) is 145 Å². The quantitative estimate of drug-likeness (QED) is 0.0590. The number of carbonyl (C=O) groups excluding carboxylic acids is 3. The second-order valence-electron chi connectivity index (χ2n) is 19.7. The van der Waals surface area contributed by atoms with Crippen LogP contribution < -0.4 is 10.9 Å². The summed E-state index contributed by atoms with van der Waals surface area (Å²) in [5, 5.41) is 9.83. The molecule has 0 bridgehead atoms. The van der Waals surface area contributed by atoms with Gasteiger partial charge in [-0.2, -0.15) is 5.10 Å². The first-order chi connectivity index (χ1) is 32.1. The van der Waals surface area contributed by atoms with Gasteiger partial charge < -0.3 is 29.7 Å². The number of amides is 3. The zero-order chi connectivity index (χ0) is 46.3. The van der Waals surface area contributed by atoms with Crippen molar-refractivity contribution >= 4 is 39.7 Å². The molecule has 3 aliphatic heterocycles. The number of para-hydroxylation sites is 1. The maximum Gasteiger partial charge on any atom is 0.318 e. The van der Waals surface area contributed by atoms with Crippen LogP contribution in [0.25, 0.3) is 21.8 Å². The molecule has 13 nitrogen and oxygen atoms in total. The highest BCUT2D eigenvalue weighted by Gasteiger charge is 2.34. The minimum atomic E-state index is -0.758. The molecular formula is C53H78N8O5. The van der Waals surface area contributed by atoms with Crippen LogP contribution in [0, 0.1) is 6.92 Å². The molecule has 3 saturated heterocycles. The number of ether oxygens (including phenoxy) is 1. The molecule has 5 heterocycles. The molecular weight excluding hydrogens is 829 g/mol. The summed E-state index contributed by atoms with van der Waals surface area (Å²) in [4.78, 5) is 66.0. The van der Waals surface area contributed by atoms with Gasteiger partial charge >= 0.3 is 12.0 Å². The minimum absolute atomic E-state index is 0.0453. The van der Waals surface area contributed by atoms with Crippen molar-refractivity contribution in [3.05, 3.63) is 75.7 Å². The average molecular weight is 907 g/mol. The van der Waals surface area contributed by atoms with Crippen LogP contribution in [0.4, 0.5) is 4.79 Å². The molecule has 7 rings (SSSR count). The molecule has 13 heteroatoms. The summed E-state index contributed by atoms with van der Waals surface area (Å²) >= 11 is 0. The number of aryl methyl sites for hydroxylation is 1. The van der Waals surface area contributed by atoms with Gasteiger partial charge in [0.2, 0.25) is 5.91 Å². The average Bonchev–Trinajstić information content (AvgIpc) is 3.75. The molecule has 360 valence electrons. The molecule has 66 heavy (non-hydrogen) atoms. The predicted molar refractivity (Wildman–Crippen MR) is 264 cm³/mol. The maximum atomic E-state index is 14.5. The zero-order valence-corrected chi connectivity index (χ0v) is 40.4. The topological polar surface area (TPSA) is 136 Å². The smallest absolute Gasteiger partial charge is 0.318 e. The van der Waals surface area contributed by atoms with Crippen molar-refractivity contribution in [3.63, 3.8) is 0 Å². The van der Waals surface area contributed by atoms with Crippen LogP contribution in [-0.2, 0) is 27.5 Å². The van der Waals surface area contributed by atoms with Gasteiger partial charge in [-0.1, -0.05) is 108 Å². The number of urea groups is 1. The van der Waals surface area contributed by atoms with E-state index in [1.807, 2.05) is 54.4 Å². The number of esters is 1. The molecule has 2 aromatic heterocycles. The highest BCUT2D eigenvalue weighted by Crippen LogP contribution is 2.28. The van der Waals surface area contributed by atoms with Gasteiger partial charge in [-0.05, 0) is 99.8 Å². The largest absolute Gasteiger partial charge is 0.442 e. The molecule has 3 amide bonds. The van der Waals surface area contributed by atoms with Crippen LogP contribution in [0.5, 0.6) is 0 Å². The van der Waals surface area contributed by atoms with Crippen LogP contribution in [0.2, 0.25) is 0 Å². The number of piperazine rings is 1. The Morgan fingerprint density at radius 3 is 2.11 bits per heavy atom. The zero-order valence-electron chi connectivity index (χ0n) is 40.4. The number of pyridine rings is 1. The first kappa shape index (κ1) is 49.2. The lowest BCUT2D eigenvalue weighted by atomic mass is 9.89. The lowest BCUT2D eigenvalue weighted by molar-refractivity contribution is -0.148. The minimum Gasteiger partial charge on any atom is -0.442 e. The Bertz CT molecular complexity index is 2230. The summed E-state index contributed by atoms with van der Waals surface area (Å²) < 4.78 is 7.31. The number of aromatic nitrogens is 3. The van der Waals surface area contributed by atoms with Crippen molar-refractivity contribution in [2.24, 2.45) is 0 Å². The SMILES string of the molecule is CCCCCCCCCCCCCCCC(=O)OCn1cc2cc(C[C@@H](NC(=O)N3CCC(c4cc5ccccc5[nH]c4=O)CC3)C(=O)N3CCN(C4CCN(C)CC4)CC3)cc(C)c2n1. The van der Waals surface area contributed by atoms with E-state index in [0.29, 0.717) is 57.9 Å².